The van der Waals surface area contributed by atoms with Crippen molar-refractivity contribution in [1.29, 1.82) is 0 Å². The molecule has 2 aromatic rings. The van der Waals surface area contributed by atoms with Gasteiger partial charge in [0.25, 0.3) is 5.91 Å². The number of benzene rings is 1. The van der Waals surface area contributed by atoms with Crippen molar-refractivity contribution < 1.29 is 4.79 Å². The van der Waals surface area contributed by atoms with Crippen LogP contribution >= 0.6 is 0 Å². The maximum absolute atomic E-state index is 12.2. The summed E-state index contributed by atoms with van der Waals surface area (Å²) in [5.74, 6) is -0.237. The number of anilines is 2. The van der Waals surface area contributed by atoms with Crippen LogP contribution in [0.15, 0.2) is 30.5 Å². The molecule has 1 aromatic carbocycles. The van der Waals surface area contributed by atoms with Crippen LogP contribution < -0.4 is 11.1 Å². The second kappa shape index (κ2) is 5.10. The number of rotatable bonds is 2. The van der Waals surface area contributed by atoms with Gasteiger partial charge in [0, 0.05) is 23.3 Å². The Labute approximate surface area is 112 Å². The molecule has 0 saturated carbocycles. The number of nitrogen functional groups attached to an aromatic ring is 1. The molecule has 0 unspecified atom stereocenters. The van der Waals surface area contributed by atoms with Crippen LogP contribution in [0, 0.1) is 20.8 Å². The standard InChI is InChI=1S/C15H17N3O/c1-9-4-5-10(2)14(6-9)18-15(19)12-8-17-11(3)7-13(12)16/h4-8H,1-3H3,(H2,16,17)(H,18,19). The number of aromatic nitrogens is 1. The zero-order valence-electron chi connectivity index (χ0n) is 11.3. The molecule has 1 amide bonds. The summed E-state index contributed by atoms with van der Waals surface area (Å²) in [6.45, 7) is 5.77. The van der Waals surface area contributed by atoms with Crippen molar-refractivity contribution in [3.05, 3.63) is 52.8 Å². The van der Waals surface area contributed by atoms with Gasteiger partial charge in [-0.1, -0.05) is 12.1 Å². The molecular formula is C15H17N3O. The van der Waals surface area contributed by atoms with Gasteiger partial charge >= 0.3 is 0 Å². The average Bonchev–Trinajstić information content (AvgIpc) is 2.33. The van der Waals surface area contributed by atoms with Crippen LogP contribution in [0.1, 0.15) is 27.2 Å². The lowest BCUT2D eigenvalue weighted by Crippen LogP contribution is -2.15. The molecule has 0 aliphatic carbocycles. The van der Waals surface area contributed by atoms with Crippen LogP contribution in [0.5, 0.6) is 0 Å². The van der Waals surface area contributed by atoms with Crippen molar-refractivity contribution >= 4 is 17.3 Å². The van der Waals surface area contributed by atoms with E-state index < -0.39 is 0 Å². The monoisotopic (exact) mass is 255 g/mol. The van der Waals surface area contributed by atoms with E-state index in [0.717, 1.165) is 22.5 Å². The lowest BCUT2D eigenvalue weighted by molar-refractivity contribution is 0.102. The number of pyridine rings is 1. The minimum absolute atomic E-state index is 0.237. The van der Waals surface area contributed by atoms with E-state index in [0.29, 0.717) is 11.3 Å². The number of hydrogen-bond acceptors (Lipinski definition) is 3. The first kappa shape index (κ1) is 13.1. The lowest BCUT2D eigenvalue weighted by atomic mass is 10.1. The van der Waals surface area contributed by atoms with Crippen LogP contribution in [0.4, 0.5) is 11.4 Å². The number of hydrogen-bond donors (Lipinski definition) is 2. The van der Waals surface area contributed by atoms with Gasteiger partial charge in [-0.05, 0) is 44.0 Å². The second-order valence-electron chi connectivity index (χ2n) is 4.69. The Morgan fingerprint density at radius 2 is 1.95 bits per heavy atom. The Kier molecular flexibility index (Phi) is 3.51. The number of aryl methyl sites for hydroxylation is 3. The molecule has 0 aliphatic rings. The summed E-state index contributed by atoms with van der Waals surface area (Å²) in [6.07, 6.45) is 1.51. The molecular weight excluding hydrogens is 238 g/mol. The van der Waals surface area contributed by atoms with Crippen molar-refractivity contribution in [1.82, 2.24) is 4.98 Å². The number of amides is 1. The number of nitrogens with one attached hydrogen (secondary N) is 1. The highest BCUT2D eigenvalue weighted by molar-refractivity contribution is 6.07. The van der Waals surface area contributed by atoms with E-state index >= 15 is 0 Å². The predicted molar refractivity (Wildman–Crippen MR) is 77.3 cm³/mol. The van der Waals surface area contributed by atoms with E-state index in [4.69, 9.17) is 5.73 Å². The number of nitrogens with two attached hydrogens (primary N) is 1. The summed E-state index contributed by atoms with van der Waals surface area (Å²) in [5, 5.41) is 2.87. The van der Waals surface area contributed by atoms with Crippen molar-refractivity contribution in [2.45, 2.75) is 20.8 Å². The molecule has 0 saturated heterocycles. The molecule has 0 bridgehead atoms. The largest absolute Gasteiger partial charge is 0.398 e. The SMILES string of the molecule is Cc1ccc(C)c(NC(=O)c2cnc(C)cc2N)c1. The van der Waals surface area contributed by atoms with Crippen molar-refractivity contribution in [3.8, 4) is 0 Å². The molecule has 0 radical (unpaired) electrons. The number of carbonyl (C=O) groups excluding carboxylic acids is 1. The van der Waals surface area contributed by atoms with Crippen molar-refractivity contribution in [3.63, 3.8) is 0 Å². The molecule has 0 fully saturated rings. The van der Waals surface area contributed by atoms with Gasteiger partial charge in [0.1, 0.15) is 0 Å². The van der Waals surface area contributed by atoms with Gasteiger partial charge in [0.15, 0.2) is 0 Å². The quantitative estimate of drug-likeness (QED) is 0.867. The third-order valence-corrected chi connectivity index (χ3v) is 2.96. The van der Waals surface area contributed by atoms with E-state index in [1.54, 1.807) is 6.07 Å². The van der Waals surface area contributed by atoms with Crippen LogP contribution in [0.25, 0.3) is 0 Å². The Balaban J connectivity index is 2.28. The third-order valence-electron chi connectivity index (χ3n) is 2.96. The summed E-state index contributed by atoms with van der Waals surface area (Å²) in [4.78, 5) is 16.3. The van der Waals surface area contributed by atoms with Gasteiger partial charge in [-0.25, -0.2) is 0 Å². The van der Waals surface area contributed by atoms with Crippen LogP contribution in [0.3, 0.4) is 0 Å². The Morgan fingerprint density at radius 1 is 1.21 bits per heavy atom. The summed E-state index contributed by atoms with van der Waals surface area (Å²) in [5.41, 5.74) is 10.4. The van der Waals surface area contributed by atoms with Gasteiger partial charge in [-0.15, -0.1) is 0 Å². The highest BCUT2D eigenvalue weighted by Gasteiger charge is 2.11. The van der Waals surface area contributed by atoms with Crippen molar-refractivity contribution in [2.75, 3.05) is 11.1 Å². The Bertz CT molecular complexity index is 635. The van der Waals surface area contributed by atoms with Gasteiger partial charge in [0.05, 0.1) is 5.56 Å². The Morgan fingerprint density at radius 3 is 2.63 bits per heavy atom. The highest BCUT2D eigenvalue weighted by Crippen LogP contribution is 2.19. The van der Waals surface area contributed by atoms with Gasteiger partial charge in [-0.2, -0.15) is 0 Å². The van der Waals surface area contributed by atoms with E-state index in [1.165, 1.54) is 6.20 Å². The summed E-state index contributed by atoms with van der Waals surface area (Å²) < 4.78 is 0. The van der Waals surface area contributed by atoms with Crippen molar-refractivity contribution in [2.24, 2.45) is 0 Å². The fourth-order valence-corrected chi connectivity index (χ4v) is 1.83. The molecule has 4 heteroatoms. The normalized spacial score (nSPS) is 10.3. The summed E-state index contributed by atoms with van der Waals surface area (Å²) >= 11 is 0. The fourth-order valence-electron chi connectivity index (χ4n) is 1.83. The minimum atomic E-state index is -0.237. The maximum atomic E-state index is 12.2. The van der Waals surface area contributed by atoms with E-state index in [1.807, 2.05) is 39.0 Å². The smallest absolute Gasteiger partial charge is 0.259 e. The highest BCUT2D eigenvalue weighted by atomic mass is 16.1. The van der Waals surface area contributed by atoms with Gasteiger partial charge in [-0.3, -0.25) is 9.78 Å². The first-order valence-corrected chi connectivity index (χ1v) is 6.08. The molecule has 19 heavy (non-hydrogen) atoms. The molecule has 1 heterocycles. The summed E-state index contributed by atoms with van der Waals surface area (Å²) in [7, 11) is 0. The zero-order chi connectivity index (χ0) is 14.0. The van der Waals surface area contributed by atoms with Crippen LogP contribution in [-0.2, 0) is 0 Å². The second-order valence-corrected chi connectivity index (χ2v) is 4.69. The molecule has 2 rings (SSSR count). The molecule has 3 N–H and O–H groups in total. The van der Waals surface area contributed by atoms with E-state index in [2.05, 4.69) is 10.3 Å². The molecule has 0 atom stereocenters. The van der Waals surface area contributed by atoms with E-state index in [-0.39, 0.29) is 5.91 Å². The number of nitrogens with zero attached hydrogens (tertiary/aromatic N) is 1. The predicted octanol–water partition coefficient (Wildman–Crippen LogP) is 2.84. The Hall–Kier alpha value is -2.36. The first-order chi connectivity index (χ1) is 8.97. The van der Waals surface area contributed by atoms with Gasteiger partial charge in [0.2, 0.25) is 0 Å². The molecule has 4 nitrogen and oxygen atoms in total. The van der Waals surface area contributed by atoms with Gasteiger partial charge < -0.3 is 11.1 Å². The zero-order valence-corrected chi connectivity index (χ0v) is 11.3. The van der Waals surface area contributed by atoms with Crippen LogP contribution in [0.2, 0.25) is 0 Å². The maximum Gasteiger partial charge on any atom is 0.259 e. The fraction of sp³-hybridized carbons (Fsp3) is 0.200. The molecule has 1 aromatic heterocycles. The molecule has 0 spiro atoms. The van der Waals surface area contributed by atoms with E-state index in [9.17, 15) is 4.79 Å². The third kappa shape index (κ3) is 2.91. The first-order valence-electron chi connectivity index (χ1n) is 6.08. The topological polar surface area (TPSA) is 68.0 Å². The van der Waals surface area contributed by atoms with Crippen LogP contribution in [-0.4, -0.2) is 10.9 Å². The molecule has 0 aliphatic heterocycles. The summed E-state index contributed by atoms with van der Waals surface area (Å²) in [6, 6.07) is 7.61. The molecule has 98 valence electrons. The lowest BCUT2D eigenvalue weighted by Gasteiger charge is -2.10. The average molecular weight is 255 g/mol. The number of carbonyl (C=O) groups is 1. The minimum Gasteiger partial charge on any atom is -0.398 e.